The fourth-order valence-corrected chi connectivity index (χ4v) is 2.22. The van der Waals surface area contributed by atoms with Gasteiger partial charge in [0.15, 0.2) is 0 Å². The number of nitrogens with zero attached hydrogens (tertiary/aromatic N) is 1. The minimum Gasteiger partial charge on any atom is -0.329 e. The summed E-state index contributed by atoms with van der Waals surface area (Å²) in [5.74, 6) is -0.802. The van der Waals surface area contributed by atoms with E-state index in [1.54, 1.807) is 0 Å². The molecule has 1 aromatic carbocycles. The molecule has 0 aromatic heterocycles. The summed E-state index contributed by atoms with van der Waals surface area (Å²) in [6.45, 7) is -1.42. The number of hydrogen-bond acceptors (Lipinski definition) is 1. The predicted octanol–water partition coefficient (Wildman–Crippen LogP) is 4.39. The Kier molecular flexibility index (Phi) is 5.95. The molecule has 1 rings (SSSR count). The maximum Gasteiger partial charge on any atom is 0.406 e. The molecule has 0 spiro atoms. The molecule has 106 valence electrons. The van der Waals surface area contributed by atoms with E-state index in [2.05, 4.69) is 15.9 Å². The third-order valence-corrected chi connectivity index (χ3v) is 3.37. The summed E-state index contributed by atoms with van der Waals surface area (Å²) in [5.41, 5.74) is -0.0423. The summed E-state index contributed by atoms with van der Waals surface area (Å²) in [6.07, 6.45) is -4.47. The van der Waals surface area contributed by atoms with Crippen molar-refractivity contribution in [2.24, 2.45) is 0 Å². The van der Waals surface area contributed by atoms with Crippen LogP contribution in [0.15, 0.2) is 18.2 Å². The largest absolute Gasteiger partial charge is 0.406 e. The summed E-state index contributed by atoms with van der Waals surface area (Å²) in [5, 5.41) is 0.307. The van der Waals surface area contributed by atoms with Crippen LogP contribution in [0.4, 0.5) is 13.2 Å². The predicted molar refractivity (Wildman–Crippen MR) is 72.2 cm³/mol. The van der Waals surface area contributed by atoms with Gasteiger partial charge in [-0.1, -0.05) is 45.2 Å². The van der Waals surface area contributed by atoms with E-state index in [4.69, 9.17) is 23.2 Å². The first-order valence-corrected chi connectivity index (χ1v) is 7.00. The van der Waals surface area contributed by atoms with Crippen molar-refractivity contribution in [2.45, 2.75) is 6.18 Å². The monoisotopic (exact) mass is 377 g/mol. The molecule has 19 heavy (non-hydrogen) atoms. The summed E-state index contributed by atoms with van der Waals surface area (Å²) in [6, 6.07) is 4.26. The molecule has 0 aliphatic heterocycles. The van der Waals surface area contributed by atoms with Crippen molar-refractivity contribution in [2.75, 3.05) is 18.4 Å². The number of hydrogen-bond donors (Lipinski definition) is 0. The van der Waals surface area contributed by atoms with Gasteiger partial charge in [0.2, 0.25) is 0 Å². The fraction of sp³-hybridized carbons (Fsp3) is 0.364. The molecule has 0 aliphatic rings. The van der Waals surface area contributed by atoms with Gasteiger partial charge in [0.25, 0.3) is 5.91 Å². The highest BCUT2D eigenvalue weighted by molar-refractivity contribution is 9.09. The molecular formula is C11H9BrCl2F3NO. The first kappa shape index (κ1) is 16.6. The summed E-state index contributed by atoms with van der Waals surface area (Å²) in [7, 11) is 0. The van der Waals surface area contributed by atoms with Crippen LogP contribution in [-0.4, -0.2) is 35.4 Å². The molecule has 1 amide bonds. The lowest BCUT2D eigenvalue weighted by molar-refractivity contribution is -0.140. The van der Waals surface area contributed by atoms with Crippen molar-refractivity contribution in [3.8, 4) is 0 Å². The molecule has 8 heteroatoms. The lowest BCUT2D eigenvalue weighted by atomic mass is 10.2. The third-order valence-electron chi connectivity index (χ3n) is 2.19. The van der Waals surface area contributed by atoms with Gasteiger partial charge in [0, 0.05) is 11.9 Å². The van der Waals surface area contributed by atoms with Gasteiger partial charge in [0.1, 0.15) is 6.54 Å². The van der Waals surface area contributed by atoms with Gasteiger partial charge in [-0.25, -0.2) is 0 Å². The van der Waals surface area contributed by atoms with E-state index in [1.165, 1.54) is 18.2 Å². The molecule has 0 radical (unpaired) electrons. The van der Waals surface area contributed by atoms with Crippen LogP contribution < -0.4 is 0 Å². The molecule has 0 bridgehead atoms. The van der Waals surface area contributed by atoms with Crippen LogP contribution in [0, 0.1) is 0 Å². The molecule has 0 unspecified atom stereocenters. The van der Waals surface area contributed by atoms with Crippen molar-refractivity contribution in [1.29, 1.82) is 0 Å². The normalized spacial score (nSPS) is 11.5. The van der Waals surface area contributed by atoms with Crippen LogP contribution in [0.3, 0.4) is 0 Å². The SMILES string of the molecule is O=C(c1cccc(Cl)c1Cl)N(CCBr)CC(F)(F)F. The number of rotatable bonds is 4. The van der Waals surface area contributed by atoms with Crippen molar-refractivity contribution >= 4 is 45.0 Å². The van der Waals surface area contributed by atoms with E-state index in [-0.39, 0.29) is 27.5 Å². The Hall–Kier alpha value is -0.460. The zero-order chi connectivity index (χ0) is 14.6. The Morgan fingerprint density at radius 1 is 1.32 bits per heavy atom. The highest BCUT2D eigenvalue weighted by atomic mass is 79.9. The summed E-state index contributed by atoms with van der Waals surface area (Å²) in [4.78, 5) is 12.7. The Morgan fingerprint density at radius 3 is 2.47 bits per heavy atom. The minimum absolute atomic E-state index is 0.0423. The number of carbonyl (C=O) groups excluding carboxylic acids is 1. The van der Waals surface area contributed by atoms with Gasteiger partial charge in [0.05, 0.1) is 15.6 Å². The average molecular weight is 379 g/mol. The molecule has 0 saturated carbocycles. The number of carbonyl (C=O) groups is 1. The number of benzene rings is 1. The number of amides is 1. The first-order chi connectivity index (χ1) is 8.76. The van der Waals surface area contributed by atoms with E-state index in [0.29, 0.717) is 4.90 Å². The fourth-order valence-electron chi connectivity index (χ4n) is 1.41. The second kappa shape index (κ2) is 6.81. The smallest absolute Gasteiger partial charge is 0.329 e. The van der Waals surface area contributed by atoms with Gasteiger partial charge in [-0.2, -0.15) is 13.2 Å². The second-order valence-corrected chi connectivity index (χ2v) is 5.21. The van der Waals surface area contributed by atoms with Crippen molar-refractivity contribution in [3.05, 3.63) is 33.8 Å². The minimum atomic E-state index is -4.47. The molecule has 2 nitrogen and oxygen atoms in total. The van der Waals surface area contributed by atoms with Gasteiger partial charge >= 0.3 is 6.18 Å². The van der Waals surface area contributed by atoms with Gasteiger partial charge in [-0.3, -0.25) is 4.79 Å². The van der Waals surface area contributed by atoms with Gasteiger partial charge in [-0.05, 0) is 12.1 Å². The van der Waals surface area contributed by atoms with E-state index in [0.717, 1.165) is 0 Å². The molecule has 0 saturated heterocycles. The van der Waals surface area contributed by atoms with Crippen LogP contribution in [0.25, 0.3) is 0 Å². The van der Waals surface area contributed by atoms with Crippen molar-refractivity contribution < 1.29 is 18.0 Å². The molecule has 0 fully saturated rings. The third kappa shape index (κ3) is 4.85. The van der Waals surface area contributed by atoms with Crippen LogP contribution in [-0.2, 0) is 0 Å². The zero-order valence-electron chi connectivity index (χ0n) is 9.48. The van der Waals surface area contributed by atoms with Crippen LogP contribution in [0.2, 0.25) is 10.0 Å². The Balaban J connectivity index is 3.02. The lowest BCUT2D eigenvalue weighted by Crippen LogP contribution is -2.40. The standard InChI is InChI=1S/C11H9BrCl2F3NO/c12-4-5-18(6-11(15,16)17)10(19)7-2-1-3-8(13)9(7)14/h1-3H,4-6H2. The molecule has 1 aromatic rings. The van der Waals surface area contributed by atoms with Gasteiger partial charge < -0.3 is 4.90 Å². The molecule has 0 heterocycles. The van der Waals surface area contributed by atoms with Crippen molar-refractivity contribution in [1.82, 2.24) is 4.90 Å². The van der Waals surface area contributed by atoms with E-state index in [9.17, 15) is 18.0 Å². The first-order valence-electron chi connectivity index (χ1n) is 5.12. The average Bonchev–Trinajstić information content (AvgIpc) is 2.30. The van der Waals surface area contributed by atoms with Crippen LogP contribution in [0.5, 0.6) is 0 Å². The van der Waals surface area contributed by atoms with Gasteiger partial charge in [-0.15, -0.1) is 0 Å². The second-order valence-electron chi connectivity index (χ2n) is 3.63. The highest BCUT2D eigenvalue weighted by Gasteiger charge is 2.33. The van der Waals surface area contributed by atoms with E-state index < -0.39 is 18.6 Å². The Morgan fingerprint density at radius 2 is 1.95 bits per heavy atom. The topological polar surface area (TPSA) is 20.3 Å². The molecule has 0 aliphatic carbocycles. The van der Waals surface area contributed by atoms with Crippen LogP contribution in [0.1, 0.15) is 10.4 Å². The molecular weight excluding hydrogens is 370 g/mol. The quantitative estimate of drug-likeness (QED) is 0.711. The van der Waals surface area contributed by atoms with Crippen molar-refractivity contribution in [3.63, 3.8) is 0 Å². The van der Waals surface area contributed by atoms with E-state index in [1.807, 2.05) is 0 Å². The maximum atomic E-state index is 12.4. The number of alkyl halides is 4. The molecule has 0 atom stereocenters. The lowest BCUT2D eigenvalue weighted by Gasteiger charge is -2.23. The van der Waals surface area contributed by atoms with E-state index >= 15 is 0 Å². The number of halogens is 6. The summed E-state index contributed by atoms with van der Waals surface area (Å²) < 4.78 is 37.3. The van der Waals surface area contributed by atoms with Crippen LogP contribution >= 0.6 is 39.1 Å². The maximum absolute atomic E-state index is 12.4. The highest BCUT2D eigenvalue weighted by Crippen LogP contribution is 2.27. The Bertz CT molecular complexity index is 468. The molecule has 0 N–H and O–H groups in total. The Labute approximate surface area is 126 Å². The zero-order valence-corrected chi connectivity index (χ0v) is 12.6. The summed E-state index contributed by atoms with van der Waals surface area (Å²) >= 11 is 14.6.